The number of benzene rings is 2. The monoisotopic (exact) mass is 441 g/mol. The fourth-order valence-electron chi connectivity index (χ4n) is 2.89. The smallest absolute Gasteiger partial charge is 0.272 e. The van der Waals surface area contributed by atoms with Crippen molar-refractivity contribution in [2.75, 3.05) is 5.75 Å². The van der Waals surface area contributed by atoms with Crippen molar-refractivity contribution in [1.82, 2.24) is 34.6 Å². The molecule has 30 heavy (non-hydrogen) atoms. The van der Waals surface area contributed by atoms with Gasteiger partial charge in [-0.2, -0.15) is 9.36 Å². The first-order chi connectivity index (χ1) is 14.7. The maximum Gasteiger partial charge on any atom is 0.368 e. The molecule has 0 N–H and O–H groups in total. The van der Waals surface area contributed by atoms with E-state index >= 15 is 0 Å². The quantitative estimate of drug-likeness (QED) is 0.307. The molecular formula is C20H20ClN7OS. The lowest BCUT2D eigenvalue weighted by Gasteiger charge is -2.09. The lowest BCUT2D eigenvalue weighted by Crippen LogP contribution is -2.25. The lowest BCUT2D eigenvalue weighted by atomic mass is 10.3. The zero-order valence-corrected chi connectivity index (χ0v) is 17.9. The third-order valence-corrected chi connectivity index (χ3v) is 5.71. The van der Waals surface area contributed by atoms with Crippen LogP contribution in [0, 0.1) is 0 Å². The van der Waals surface area contributed by atoms with Gasteiger partial charge in [-0.05, 0) is 53.2 Å². The van der Waals surface area contributed by atoms with E-state index in [1.165, 1.54) is 9.36 Å². The number of rotatable bonds is 8. The molecule has 2 aromatic carbocycles. The molecule has 0 fully saturated rings. The highest BCUT2D eigenvalue weighted by Gasteiger charge is 2.17. The van der Waals surface area contributed by atoms with Crippen molar-refractivity contribution in [2.45, 2.75) is 31.5 Å². The minimum Gasteiger partial charge on any atom is -0.272 e. The summed E-state index contributed by atoms with van der Waals surface area (Å²) in [7, 11) is 0. The number of hydrogen-bond donors (Lipinski definition) is 0. The summed E-state index contributed by atoms with van der Waals surface area (Å²) in [5.41, 5.74) is 1.17. The largest absolute Gasteiger partial charge is 0.368 e. The molecular weight excluding hydrogens is 422 g/mol. The van der Waals surface area contributed by atoms with E-state index in [-0.39, 0.29) is 12.2 Å². The third-order valence-electron chi connectivity index (χ3n) is 4.45. The maximum atomic E-state index is 12.8. The molecule has 0 bridgehead atoms. The summed E-state index contributed by atoms with van der Waals surface area (Å²) in [5, 5.41) is 18.1. The van der Waals surface area contributed by atoms with Gasteiger partial charge < -0.3 is 0 Å². The molecule has 0 spiro atoms. The number of nitrogens with zero attached hydrogens (tertiary/aromatic N) is 7. The number of halogens is 1. The van der Waals surface area contributed by atoms with Crippen molar-refractivity contribution < 1.29 is 0 Å². The summed E-state index contributed by atoms with van der Waals surface area (Å²) in [4.78, 5) is 12.8. The second kappa shape index (κ2) is 9.27. The molecule has 154 valence electrons. The van der Waals surface area contributed by atoms with Crippen LogP contribution in [0.4, 0.5) is 0 Å². The Morgan fingerprint density at radius 1 is 0.967 bits per heavy atom. The summed E-state index contributed by atoms with van der Waals surface area (Å²) in [6.07, 6.45) is 2.21. The molecule has 2 heterocycles. The first-order valence-corrected chi connectivity index (χ1v) is 10.9. The van der Waals surface area contributed by atoms with Crippen LogP contribution in [0.25, 0.3) is 11.4 Å². The maximum absolute atomic E-state index is 12.8. The van der Waals surface area contributed by atoms with Crippen molar-refractivity contribution >= 4 is 23.4 Å². The highest BCUT2D eigenvalue weighted by Crippen LogP contribution is 2.23. The number of thioether (sulfide) groups is 1. The first-order valence-electron chi connectivity index (χ1n) is 9.58. The van der Waals surface area contributed by atoms with Crippen LogP contribution >= 0.6 is 23.4 Å². The fraction of sp³-hybridized carbons (Fsp3) is 0.250. The highest BCUT2D eigenvalue weighted by atomic mass is 35.5. The molecule has 0 atom stereocenters. The fourth-order valence-corrected chi connectivity index (χ4v) is 4.07. The van der Waals surface area contributed by atoms with Gasteiger partial charge in [0.1, 0.15) is 6.54 Å². The first kappa shape index (κ1) is 20.4. The van der Waals surface area contributed by atoms with Crippen LogP contribution in [0.5, 0.6) is 0 Å². The van der Waals surface area contributed by atoms with Crippen LogP contribution in [0.15, 0.2) is 64.5 Å². The molecule has 0 saturated heterocycles. The van der Waals surface area contributed by atoms with Crippen LogP contribution in [0.1, 0.15) is 25.6 Å². The van der Waals surface area contributed by atoms with Crippen molar-refractivity contribution in [2.24, 2.45) is 0 Å². The van der Waals surface area contributed by atoms with Gasteiger partial charge in [-0.1, -0.05) is 54.9 Å². The number of unbranched alkanes of at least 4 members (excludes halogenated alkanes) is 1. The molecule has 0 saturated carbocycles. The topological polar surface area (TPSA) is 83.4 Å². The normalized spacial score (nSPS) is 11.1. The second-order valence-corrected chi connectivity index (χ2v) is 8.08. The number of hydrogen-bond acceptors (Lipinski definition) is 6. The molecule has 2 aromatic heterocycles. The minimum atomic E-state index is -0.361. The summed E-state index contributed by atoms with van der Waals surface area (Å²) >= 11 is 7.58. The van der Waals surface area contributed by atoms with Gasteiger partial charge in [-0.25, -0.2) is 4.79 Å². The minimum absolute atomic E-state index is 0.155. The van der Waals surface area contributed by atoms with E-state index in [2.05, 4.69) is 27.5 Å². The Balaban J connectivity index is 1.67. The standard InChI is InChI=1S/C20H20ClN7OS/c1-2-3-13-30-19-23-22-18(27(19)16-7-5-4-6-8-16)14-26-20(29)28(25-24-26)17-11-9-15(21)10-12-17/h4-12H,2-3,13-14H2,1H3. The Morgan fingerprint density at radius 3 is 2.47 bits per heavy atom. The molecule has 4 aromatic rings. The van der Waals surface area contributed by atoms with Crippen LogP contribution in [0.2, 0.25) is 5.02 Å². The van der Waals surface area contributed by atoms with Gasteiger partial charge in [0, 0.05) is 16.5 Å². The van der Waals surface area contributed by atoms with Gasteiger partial charge in [0.2, 0.25) is 0 Å². The van der Waals surface area contributed by atoms with E-state index < -0.39 is 0 Å². The van der Waals surface area contributed by atoms with E-state index in [4.69, 9.17) is 11.6 Å². The highest BCUT2D eigenvalue weighted by molar-refractivity contribution is 7.99. The summed E-state index contributed by atoms with van der Waals surface area (Å²) in [6.45, 7) is 2.31. The van der Waals surface area contributed by atoms with E-state index in [0.29, 0.717) is 16.5 Å². The average molecular weight is 442 g/mol. The zero-order chi connectivity index (χ0) is 20.9. The Bertz CT molecular complexity index is 1170. The average Bonchev–Trinajstić information content (AvgIpc) is 3.33. The number of para-hydroxylation sites is 1. The second-order valence-electron chi connectivity index (χ2n) is 6.58. The summed E-state index contributed by atoms with van der Waals surface area (Å²) in [6, 6.07) is 16.7. The van der Waals surface area contributed by atoms with E-state index in [9.17, 15) is 4.79 Å². The number of tetrazole rings is 1. The Kier molecular flexibility index (Phi) is 6.29. The zero-order valence-electron chi connectivity index (χ0n) is 16.3. The van der Waals surface area contributed by atoms with Crippen LogP contribution in [-0.4, -0.2) is 40.3 Å². The van der Waals surface area contributed by atoms with E-state index in [1.807, 2.05) is 34.9 Å². The SMILES string of the molecule is CCCCSc1nnc(Cn2nnn(-c3ccc(Cl)cc3)c2=O)n1-c1ccccc1. The van der Waals surface area contributed by atoms with Gasteiger partial charge in [0.25, 0.3) is 0 Å². The third kappa shape index (κ3) is 4.31. The predicted molar refractivity (Wildman–Crippen MR) is 117 cm³/mol. The molecule has 0 aliphatic heterocycles. The van der Waals surface area contributed by atoms with Gasteiger partial charge >= 0.3 is 5.69 Å². The van der Waals surface area contributed by atoms with Gasteiger partial charge in [-0.3, -0.25) is 4.57 Å². The summed E-state index contributed by atoms with van der Waals surface area (Å²) < 4.78 is 4.48. The van der Waals surface area contributed by atoms with Crippen molar-refractivity contribution in [3.8, 4) is 11.4 Å². The lowest BCUT2D eigenvalue weighted by molar-refractivity contribution is 0.598. The van der Waals surface area contributed by atoms with Crippen molar-refractivity contribution in [3.63, 3.8) is 0 Å². The van der Waals surface area contributed by atoms with Gasteiger partial charge in [0.05, 0.1) is 5.69 Å². The number of aromatic nitrogens is 7. The van der Waals surface area contributed by atoms with E-state index in [1.54, 1.807) is 36.0 Å². The van der Waals surface area contributed by atoms with Gasteiger partial charge in [0.15, 0.2) is 11.0 Å². The molecule has 0 amide bonds. The summed E-state index contributed by atoms with van der Waals surface area (Å²) in [5.74, 6) is 1.57. The van der Waals surface area contributed by atoms with Crippen molar-refractivity contribution in [3.05, 3.63) is 75.9 Å². The molecule has 0 unspecified atom stereocenters. The van der Waals surface area contributed by atoms with Crippen LogP contribution in [-0.2, 0) is 6.54 Å². The van der Waals surface area contributed by atoms with Crippen molar-refractivity contribution in [1.29, 1.82) is 0 Å². The Morgan fingerprint density at radius 2 is 1.73 bits per heavy atom. The Hall–Kier alpha value is -2.91. The molecule has 10 heteroatoms. The Labute approximate surface area is 182 Å². The van der Waals surface area contributed by atoms with E-state index in [0.717, 1.165) is 29.4 Å². The van der Waals surface area contributed by atoms with Gasteiger partial charge in [-0.15, -0.1) is 10.2 Å². The molecule has 0 radical (unpaired) electrons. The molecule has 0 aliphatic carbocycles. The molecule has 0 aliphatic rings. The van der Waals surface area contributed by atoms with Crippen LogP contribution < -0.4 is 5.69 Å². The predicted octanol–water partition coefficient (Wildman–Crippen LogP) is 3.60. The molecule has 4 rings (SSSR count). The van der Waals surface area contributed by atoms with Crippen LogP contribution in [0.3, 0.4) is 0 Å². The molecule has 8 nitrogen and oxygen atoms in total.